The molecule has 4 rings (SSSR count). The van der Waals surface area contributed by atoms with Crippen molar-refractivity contribution in [1.29, 1.82) is 0 Å². The minimum atomic E-state index is -1.48. The number of nitrogen functional groups attached to an aromatic ring is 1. The molecule has 0 saturated carbocycles. The minimum absolute atomic E-state index is 0.0800. The van der Waals surface area contributed by atoms with E-state index in [0.29, 0.717) is 13.1 Å². The van der Waals surface area contributed by atoms with E-state index < -0.39 is 34.4 Å². The molecule has 1 saturated heterocycles. The monoisotopic (exact) mass is 479 g/mol. The van der Waals surface area contributed by atoms with Crippen molar-refractivity contribution in [3.8, 4) is 5.82 Å². The van der Waals surface area contributed by atoms with Crippen molar-refractivity contribution in [3.05, 3.63) is 56.3 Å². The fourth-order valence-corrected chi connectivity index (χ4v) is 4.30. The Morgan fingerprint density at radius 3 is 2.63 bits per heavy atom. The van der Waals surface area contributed by atoms with Crippen LogP contribution in [0, 0.1) is 11.6 Å². The number of benzene rings is 1. The van der Waals surface area contributed by atoms with E-state index in [9.17, 15) is 23.5 Å². The van der Waals surface area contributed by atoms with Crippen LogP contribution in [0.2, 0.25) is 0 Å². The number of hydrogen-bond acceptors (Lipinski definition) is 6. The van der Waals surface area contributed by atoms with Crippen LogP contribution >= 0.6 is 15.9 Å². The number of fused-ring (bicyclic) bond motifs is 1. The fourth-order valence-electron chi connectivity index (χ4n) is 3.45. The number of aromatic nitrogens is 2. The van der Waals surface area contributed by atoms with Crippen molar-refractivity contribution in [1.82, 2.24) is 14.9 Å². The first-order chi connectivity index (χ1) is 14.2. The van der Waals surface area contributed by atoms with Gasteiger partial charge in [0, 0.05) is 25.3 Å². The molecule has 30 heavy (non-hydrogen) atoms. The molecule has 11 heteroatoms. The topological polar surface area (TPSA) is 113 Å². The van der Waals surface area contributed by atoms with E-state index in [2.05, 4.69) is 26.2 Å². The van der Waals surface area contributed by atoms with Crippen LogP contribution in [-0.2, 0) is 0 Å². The maximum atomic E-state index is 15.0. The summed E-state index contributed by atoms with van der Waals surface area (Å²) in [7, 11) is 1.81. The number of likely N-dealkylation sites (N-methyl/N-ethyl adjacent to an activating group) is 1. The highest BCUT2D eigenvalue weighted by atomic mass is 79.9. The zero-order valence-corrected chi connectivity index (χ0v) is 17.2. The van der Waals surface area contributed by atoms with Gasteiger partial charge < -0.3 is 21.1 Å². The van der Waals surface area contributed by atoms with Crippen molar-refractivity contribution in [2.45, 2.75) is 6.04 Å². The number of nitrogens with zero attached hydrogens (tertiary/aromatic N) is 3. The molecule has 0 atom stereocenters. The Morgan fingerprint density at radius 2 is 2.03 bits per heavy atom. The molecule has 2 aromatic heterocycles. The molecule has 1 aliphatic rings. The number of hydrogen-bond donors (Lipinski definition) is 3. The van der Waals surface area contributed by atoms with Gasteiger partial charge in [-0.25, -0.2) is 18.6 Å². The Balaban J connectivity index is 2.05. The minimum Gasteiger partial charge on any atom is -0.477 e. The largest absolute Gasteiger partial charge is 0.477 e. The summed E-state index contributed by atoms with van der Waals surface area (Å²) in [5.41, 5.74) is 4.59. The number of nitrogens with two attached hydrogens (primary N) is 1. The summed E-state index contributed by atoms with van der Waals surface area (Å²) in [6.07, 6.45) is 1.08. The number of nitrogens with one attached hydrogen (secondary N) is 1. The van der Waals surface area contributed by atoms with Gasteiger partial charge in [0.1, 0.15) is 17.2 Å². The summed E-state index contributed by atoms with van der Waals surface area (Å²) in [6.45, 7) is 1.10. The zero-order valence-electron chi connectivity index (χ0n) is 15.6. The SMILES string of the molecule is CNC1CN(c2c(F)cc3c(=O)c(C(=O)O)cn(-c4ccc(F)c(N)n4)c3c2Br)C1. The molecular formula is C19H16BrF2N5O3. The van der Waals surface area contributed by atoms with E-state index >= 15 is 0 Å². The van der Waals surface area contributed by atoms with Gasteiger partial charge in [0.15, 0.2) is 11.6 Å². The van der Waals surface area contributed by atoms with Crippen LogP contribution in [-0.4, -0.2) is 46.8 Å². The van der Waals surface area contributed by atoms with Crippen molar-refractivity contribution in [3.63, 3.8) is 0 Å². The third-order valence-corrected chi connectivity index (χ3v) is 5.85. The standard InChI is InChI=1S/C19H16BrF2N5O3/c1-24-8-5-26(6-8)16-12(22)4-9-15(14(16)20)27(7-10(17(9)28)19(29)30)13-3-2-11(21)18(23)25-13/h2-4,7-8,24H,5-6H2,1H3,(H2,23,25)(H,29,30). The molecule has 1 aromatic carbocycles. The van der Waals surface area contributed by atoms with Crippen LogP contribution in [0.15, 0.2) is 33.7 Å². The van der Waals surface area contributed by atoms with Crippen LogP contribution in [0.4, 0.5) is 20.3 Å². The van der Waals surface area contributed by atoms with Gasteiger partial charge in [-0.05, 0) is 41.2 Å². The average Bonchev–Trinajstić information content (AvgIpc) is 2.66. The normalized spacial score (nSPS) is 14.2. The average molecular weight is 480 g/mol. The summed E-state index contributed by atoms with van der Waals surface area (Å²) in [5.74, 6) is -3.20. The predicted octanol–water partition coefficient (Wildman–Crippen LogP) is 2.11. The third-order valence-electron chi connectivity index (χ3n) is 5.10. The number of halogens is 3. The van der Waals surface area contributed by atoms with Crippen molar-refractivity contribution in [2.75, 3.05) is 30.8 Å². The lowest BCUT2D eigenvalue weighted by molar-refractivity contribution is 0.0695. The van der Waals surface area contributed by atoms with Gasteiger partial charge in [0.25, 0.3) is 0 Å². The highest BCUT2D eigenvalue weighted by molar-refractivity contribution is 9.10. The van der Waals surface area contributed by atoms with Crippen LogP contribution in [0.5, 0.6) is 0 Å². The summed E-state index contributed by atoms with van der Waals surface area (Å²) in [5, 5.41) is 12.4. The lowest BCUT2D eigenvalue weighted by atomic mass is 10.0. The summed E-state index contributed by atoms with van der Waals surface area (Å²) >= 11 is 3.38. The molecule has 0 amide bonds. The predicted molar refractivity (Wildman–Crippen MR) is 111 cm³/mol. The van der Waals surface area contributed by atoms with Crippen LogP contribution < -0.4 is 21.4 Å². The van der Waals surface area contributed by atoms with E-state index in [4.69, 9.17) is 5.73 Å². The van der Waals surface area contributed by atoms with Gasteiger partial charge in [0.2, 0.25) is 5.43 Å². The molecule has 3 heterocycles. The Hall–Kier alpha value is -3.05. The van der Waals surface area contributed by atoms with Gasteiger partial charge in [0.05, 0.1) is 21.1 Å². The van der Waals surface area contributed by atoms with Crippen LogP contribution in [0.25, 0.3) is 16.7 Å². The van der Waals surface area contributed by atoms with E-state index in [1.165, 1.54) is 10.6 Å². The molecule has 8 nitrogen and oxygen atoms in total. The lowest BCUT2D eigenvalue weighted by Crippen LogP contribution is -2.57. The quantitative estimate of drug-likeness (QED) is 0.525. The highest BCUT2D eigenvalue weighted by Crippen LogP contribution is 2.38. The molecule has 0 bridgehead atoms. The molecule has 1 fully saturated rings. The molecule has 1 aliphatic heterocycles. The number of carbonyl (C=O) groups is 1. The zero-order chi connectivity index (χ0) is 21.7. The number of carboxylic acid groups (broad SMARTS) is 1. The van der Waals surface area contributed by atoms with Gasteiger partial charge >= 0.3 is 5.97 Å². The van der Waals surface area contributed by atoms with E-state index in [0.717, 1.165) is 18.3 Å². The second kappa shape index (κ2) is 7.33. The van der Waals surface area contributed by atoms with Crippen molar-refractivity contribution in [2.24, 2.45) is 0 Å². The number of anilines is 2. The van der Waals surface area contributed by atoms with Gasteiger partial charge in [-0.1, -0.05) is 0 Å². The van der Waals surface area contributed by atoms with Crippen molar-refractivity contribution >= 4 is 44.3 Å². The molecule has 156 valence electrons. The van der Waals surface area contributed by atoms with Gasteiger partial charge in [-0.2, -0.15) is 0 Å². The first kappa shape index (κ1) is 20.2. The summed E-state index contributed by atoms with van der Waals surface area (Å²) in [6, 6.07) is 3.58. The van der Waals surface area contributed by atoms with E-state index in [1.54, 1.807) is 4.90 Å². The summed E-state index contributed by atoms with van der Waals surface area (Å²) in [4.78, 5) is 30.1. The molecule has 0 unspecified atom stereocenters. The second-order valence-electron chi connectivity index (χ2n) is 6.89. The first-order valence-electron chi connectivity index (χ1n) is 8.88. The highest BCUT2D eigenvalue weighted by Gasteiger charge is 2.31. The number of aromatic carboxylic acids is 1. The summed E-state index contributed by atoms with van der Waals surface area (Å²) < 4.78 is 30.1. The molecule has 0 radical (unpaired) electrons. The lowest BCUT2D eigenvalue weighted by Gasteiger charge is -2.41. The van der Waals surface area contributed by atoms with Crippen LogP contribution in [0.3, 0.4) is 0 Å². The third kappa shape index (κ3) is 3.10. The maximum absolute atomic E-state index is 15.0. The van der Waals surface area contributed by atoms with Gasteiger partial charge in [-0.3, -0.25) is 9.36 Å². The number of pyridine rings is 2. The molecule has 0 aliphatic carbocycles. The smallest absolute Gasteiger partial charge is 0.341 e. The van der Waals surface area contributed by atoms with Crippen molar-refractivity contribution < 1.29 is 18.7 Å². The second-order valence-corrected chi connectivity index (χ2v) is 7.68. The van der Waals surface area contributed by atoms with Crippen LogP contribution in [0.1, 0.15) is 10.4 Å². The maximum Gasteiger partial charge on any atom is 0.341 e. The Labute approximate surface area is 177 Å². The fraction of sp³-hybridized carbons (Fsp3) is 0.211. The van der Waals surface area contributed by atoms with E-state index in [-0.39, 0.29) is 32.9 Å². The molecule has 4 N–H and O–H groups in total. The Morgan fingerprint density at radius 1 is 1.33 bits per heavy atom. The first-order valence-corrected chi connectivity index (χ1v) is 9.67. The van der Waals surface area contributed by atoms with Gasteiger partial charge in [-0.15, -0.1) is 0 Å². The number of carboxylic acids is 1. The van der Waals surface area contributed by atoms with E-state index in [1.807, 2.05) is 7.05 Å². The Kier molecular flexibility index (Phi) is 4.94. The number of rotatable bonds is 4. The molecule has 3 aromatic rings. The molecular weight excluding hydrogens is 464 g/mol. The molecule has 0 spiro atoms. The Bertz CT molecular complexity index is 1260.